The molecule has 1 amide bonds. The van der Waals surface area contributed by atoms with Gasteiger partial charge in [0, 0.05) is 5.02 Å². The van der Waals surface area contributed by atoms with Crippen LogP contribution < -0.4 is 15.6 Å². The van der Waals surface area contributed by atoms with Gasteiger partial charge in [0.15, 0.2) is 0 Å². The summed E-state index contributed by atoms with van der Waals surface area (Å²) in [6, 6.07) is 13.7. The number of nitrogens with one attached hydrogen (secondary N) is 1. The Hall–Kier alpha value is -2.90. The van der Waals surface area contributed by atoms with Gasteiger partial charge in [-0.15, -0.1) is 0 Å². The molecule has 0 fully saturated rings. The summed E-state index contributed by atoms with van der Waals surface area (Å²) < 4.78 is 6.92. The quantitative estimate of drug-likeness (QED) is 0.689. The Morgan fingerprint density at radius 1 is 1.23 bits per heavy atom. The maximum absolute atomic E-state index is 12.7. The highest BCUT2D eigenvalue weighted by Gasteiger charge is 2.13. The van der Waals surface area contributed by atoms with E-state index in [1.165, 1.54) is 4.57 Å². The molecule has 0 saturated heterocycles. The molecule has 26 heavy (non-hydrogen) atoms. The number of hydrogen-bond acceptors (Lipinski definition) is 5. The number of para-hydroxylation sites is 1. The largest absolute Gasteiger partial charge is 0.492 e. The first-order valence-corrected chi connectivity index (χ1v) is 8.25. The topological polar surface area (TPSA) is 93.5 Å². The van der Waals surface area contributed by atoms with E-state index in [0.29, 0.717) is 21.7 Å². The summed E-state index contributed by atoms with van der Waals surface area (Å²) >= 11 is 5.91. The second-order valence-corrected chi connectivity index (χ2v) is 5.86. The number of anilines is 1. The van der Waals surface area contributed by atoms with Crippen molar-refractivity contribution < 1.29 is 14.6 Å². The predicted octanol–water partition coefficient (Wildman–Crippen LogP) is 2.06. The van der Waals surface area contributed by atoms with Crippen LogP contribution in [0.3, 0.4) is 0 Å². The summed E-state index contributed by atoms with van der Waals surface area (Å²) in [5.41, 5.74) is 0.149. The average Bonchev–Trinajstić information content (AvgIpc) is 2.64. The molecular weight excluding hydrogens is 358 g/mol. The number of benzene rings is 2. The first kappa shape index (κ1) is 17.9. The second kappa shape index (κ2) is 7.99. The fraction of sp³-hybridized carbons (Fsp3) is 0.167. The van der Waals surface area contributed by atoms with Gasteiger partial charge in [0.2, 0.25) is 5.95 Å². The minimum atomic E-state index is -0.707. The van der Waals surface area contributed by atoms with E-state index < -0.39 is 12.5 Å². The van der Waals surface area contributed by atoms with Crippen molar-refractivity contribution in [3.8, 4) is 5.75 Å². The number of fused-ring (bicyclic) bond motifs is 1. The summed E-state index contributed by atoms with van der Waals surface area (Å²) in [5, 5.41) is 12.4. The Morgan fingerprint density at radius 3 is 2.81 bits per heavy atom. The number of halogens is 1. The normalized spacial score (nSPS) is 10.7. The third-order valence-corrected chi connectivity index (χ3v) is 3.87. The van der Waals surface area contributed by atoms with Gasteiger partial charge < -0.3 is 9.84 Å². The standard InChI is InChI=1S/C18H16ClN3O4/c19-12-4-3-5-13(10-12)26-9-8-22-17(25)14-6-1-2-7-15(14)20-18(22)21-16(24)11-23/h1-7,10,23H,8-9,11H2,(H,20,21,24). The summed E-state index contributed by atoms with van der Waals surface area (Å²) in [4.78, 5) is 28.6. The summed E-state index contributed by atoms with van der Waals surface area (Å²) in [6.45, 7) is -0.381. The number of ether oxygens (including phenoxy) is 1. The SMILES string of the molecule is O=C(CO)Nc1nc2ccccc2c(=O)n1CCOc1cccc(Cl)c1. The van der Waals surface area contributed by atoms with E-state index in [1.807, 2.05) is 0 Å². The number of aromatic nitrogens is 2. The van der Waals surface area contributed by atoms with Gasteiger partial charge in [-0.1, -0.05) is 29.8 Å². The maximum Gasteiger partial charge on any atom is 0.262 e. The molecule has 0 aliphatic heterocycles. The molecule has 8 heteroatoms. The predicted molar refractivity (Wildman–Crippen MR) is 98.7 cm³/mol. The highest BCUT2D eigenvalue weighted by Crippen LogP contribution is 2.17. The highest BCUT2D eigenvalue weighted by molar-refractivity contribution is 6.30. The smallest absolute Gasteiger partial charge is 0.262 e. The lowest BCUT2D eigenvalue weighted by Crippen LogP contribution is -2.30. The second-order valence-electron chi connectivity index (χ2n) is 5.42. The molecule has 0 aliphatic rings. The van der Waals surface area contributed by atoms with Crippen LogP contribution in [0.4, 0.5) is 5.95 Å². The zero-order chi connectivity index (χ0) is 18.5. The Morgan fingerprint density at radius 2 is 2.04 bits per heavy atom. The van der Waals surface area contributed by atoms with Crippen molar-refractivity contribution in [1.29, 1.82) is 0 Å². The Balaban J connectivity index is 1.89. The lowest BCUT2D eigenvalue weighted by molar-refractivity contribution is -0.118. The summed E-state index contributed by atoms with van der Waals surface area (Å²) in [6.07, 6.45) is 0. The van der Waals surface area contributed by atoms with E-state index in [0.717, 1.165) is 0 Å². The van der Waals surface area contributed by atoms with Crippen LogP contribution in [0, 0.1) is 0 Å². The highest BCUT2D eigenvalue weighted by atomic mass is 35.5. The van der Waals surface area contributed by atoms with Gasteiger partial charge in [0.25, 0.3) is 11.5 Å². The number of rotatable bonds is 6. The van der Waals surface area contributed by atoms with Crippen LogP contribution in [0.15, 0.2) is 53.3 Å². The van der Waals surface area contributed by atoms with Crippen LogP contribution in [-0.4, -0.2) is 33.8 Å². The van der Waals surface area contributed by atoms with Gasteiger partial charge in [-0.05, 0) is 30.3 Å². The molecule has 7 nitrogen and oxygen atoms in total. The van der Waals surface area contributed by atoms with E-state index in [-0.39, 0.29) is 24.7 Å². The van der Waals surface area contributed by atoms with Crippen LogP contribution in [0.25, 0.3) is 10.9 Å². The van der Waals surface area contributed by atoms with Crippen molar-refractivity contribution in [3.63, 3.8) is 0 Å². The summed E-state index contributed by atoms with van der Waals surface area (Å²) in [5.74, 6) is -0.0284. The molecule has 0 spiro atoms. The van der Waals surface area contributed by atoms with E-state index in [2.05, 4.69) is 10.3 Å². The van der Waals surface area contributed by atoms with Gasteiger partial charge in [-0.2, -0.15) is 0 Å². The number of nitrogens with zero attached hydrogens (tertiary/aromatic N) is 2. The molecule has 3 aromatic rings. The van der Waals surface area contributed by atoms with Crippen molar-refractivity contribution in [2.75, 3.05) is 18.5 Å². The Labute approximate surface area is 153 Å². The molecule has 0 radical (unpaired) electrons. The van der Waals surface area contributed by atoms with Gasteiger partial charge in [-0.3, -0.25) is 19.5 Å². The third-order valence-electron chi connectivity index (χ3n) is 3.64. The van der Waals surface area contributed by atoms with E-state index in [1.54, 1.807) is 48.5 Å². The van der Waals surface area contributed by atoms with Crippen molar-refractivity contribution in [2.45, 2.75) is 6.54 Å². The number of amides is 1. The molecule has 0 atom stereocenters. The van der Waals surface area contributed by atoms with Crippen molar-refractivity contribution in [2.24, 2.45) is 0 Å². The monoisotopic (exact) mass is 373 g/mol. The molecular formula is C18H16ClN3O4. The van der Waals surface area contributed by atoms with Crippen molar-refractivity contribution >= 4 is 34.4 Å². The number of carbonyl (C=O) groups excluding carboxylic acids is 1. The van der Waals surface area contributed by atoms with Crippen molar-refractivity contribution in [1.82, 2.24) is 9.55 Å². The average molecular weight is 374 g/mol. The number of aliphatic hydroxyl groups excluding tert-OH is 1. The van der Waals surface area contributed by atoms with Gasteiger partial charge >= 0.3 is 0 Å². The molecule has 3 rings (SSSR count). The molecule has 0 unspecified atom stereocenters. The van der Waals surface area contributed by atoms with Crippen LogP contribution >= 0.6 is 11.6 Å². The fourth-order valence-electron chi connectivity index (χ4n) is 2.45. The first-order chi connectivity index (χ1) is 12.6. The molecule has 2 aromatic carbocycles. The molecule has 0 aliphatic carbocycles. The van der Waals surface area contributed by atoms with E-state index >= 15 is 0 Å². The molecule has 1 heterocycles. The van der Waals surface area contributed by atoms with Crippen LogP contribution in [0.1, 0.15) is 0 Å². The van der Waals surface area contributed by atoms with Crippen LogP contribution in [0.2, 0.25) is 5.02 Å². The minimum absolute atomic E-state index is 0.0578. The third kappa shape index (κ3) is 4.01. The van der Waals surface area contributed by atoms with E-state index in [4.69, 9.17) is 21.4 Å². The Bertz CT molecular complexity index is 1000. The van der Waals surface area contributed by atoms with Crippen LogP contribution in [-0.2, 0) is 11.3 Å². The molecule has 1 aromatic heterocycles. The molecule has 2 N–H and O–H groups in total. The van der Waals surface area contributed by atoms with Gasteiger partial charge in [0.05, 0.1) is 17.4 Å². The zero-order valence-corrected chi connectivity index (χ0v) is 14.4. The first-order valence-electron chi connectivity index (χ1n) is 7.87. The number of hydrogen-bond donors (Lipinski definition) is 2. The van der Waals surface area contributed by atoms with Crippen LogP contribution in [0.5, 0.6) is 5.75 Å². The molecule has 134 valence electrons. The van der Waals surface area contributed by atoms with Gasteiger partial charge in [0.1, 0.15) is 19.0 Å². The lowest BCUT2D eigenvalue weighted by atomic mass is 10.2. The fourth-order valence-corrected chi connectivity index (χ4v) is 2.63. The summed E-state index contributed by atoms with van der Waals surface area (Å²) in [7, 11) is 0. The van der Waals surface area contributed by atoms with Gasteiger partial charge in [-0.25, -0.2) is 4.98 Å². The molecule has 0 bridgehead atoms. The number of aliphatic hydroxyl groups is 1. The maximum atomic E-state index is 12.7. The Kier molecular flexibility index (Phi) is 5.50. The minimum Gasteiger partial charge on any atom is -0.492 e. The van der Waals surface area contributed by atoms with Crippen molar-refractivity contribution in [3.05, 3.63) is 63.9 Å². The zero-order valence-electron chi connectivity index (χ0n) is 13.7. The lowest BCUT2D eigenvalue weighted by Gasteiger charge is -2.14. The molecule has 0 saturated carbocycles. The number of carbonyl (C=O) groups is 1. The van der Waals surface area contributed by atoms with E-state index in [9.17, 15) is 9.59 Å².